The Morgan fingerprint density at radius 3 is 2.89 bits per heavy atom. The van der Waals surface area contributed by atoms with Crippen LogP contribution in [0.15, 0.2) is 18.2 Å². The van der Waals surface area contributed by atoms with Gasteiger partial charge in [-0.05, 0) is 50.8 Å². The lowest BCUT2D eigenvalue weighted by atomic mass is 9.99. The van der Waals surface area contributed by atoms with Crippen molar-refractivity contribution in [3.05, 3.63) is 23.8 Å². The highest BCUT2D eigenvalue weighted by Crippen LogP contribution is 2.29. The summed E-state index contributed by atoms with van der Waals surface area (Å²) in [5.41, 5.74) is 1.36. The highest BCUT2D eigenvalue weighted by Gasteiger charge is 2.16. The van der Waals surface area contributed by atoms with Crippen molar-refractivity contribution in [2.24, 2.45) is 0 Å². The van der Waals surface area contributed by atoms with E-state index in [2.05, 4.69) is 5.32 Å². The van der Waals surface area contributed by atoms with Gasteiger partial charge in [0.05, 0.1) is 11.3 Å². The number of anilines is 1. The lowest BCUT2D eigenvalue weighted by molar-refractivity contribution is -0.118. The first-order valence-electron chi connectivity index (χ1n) is 6.72. The first kappa shape index (κ1) is 13.9. The van der Waals surface area contributed by atoms with E-state index >= 15 is 0 Å². The lowest BCUT2D eigenvalue weighted by Gasteiger charge is -2.19. The van der Waals surface area contributed by atoms with Crippen LogP contribution in [0, 0.1) is 0 Å². The highest BCUT2D eigenvalue weighted by molar-refractivity contribution is 5.95. The Hall–Kier alpha value is -1.55. The molecular formula is C15H21NO3. The third-order valence-corrected chi connectivity index (χ3v) is 3.18. The van der Waals surface area contributed by atoms with E-state index < -0.39 is 5.60 Å². The van der Waals surface area contributed by atoms with Crippen molar-refractivity contribution >= 4 is 11.6 Å². The van der Waals surface area contributed by atoms with Crippen LogP contribution in [0.3, 0.4) is 0 Å². The molecule has 1 aromatic rings. The second-order valence-corrected chi connectivity index (χ2v) is 5.69. The summed E-state index contributed by atoms with van der Waals surface area (Å²) in [5.74, 6) is 0.631. The standard InChI is InChI=1S/C15H21NO3/c1-15(2,18)8-4-3-5-11-6-7-13-12(9-11)16-14(17)10-19-13/h6-7,9,18H,3-5,8,10H2,1-2H3,(H,16,17). The maximum atomic E-state index is 11.2. The second kappa shape index (κ2) is 5.61. The van der Waals surface area contributed by atoms with E-state index in [1.807, 2.05) is 32.0 Å². The van der Waals surface area contributed by atoms with Crippen molar-refractivity contribution in [2.75, 3.05) is 11.9 Å². The molecule has 1 aromatic carbocycles. The molecule has 104 valence electrons. The normalized spacial score (nSPS) is 14.6. The van der Waals surface area contributed by atoms with Crippen molar-refractivity contribution in [2.45, 2.75) is 45.1 Å². The summed E-state index contributed by atoms with van der Waals surface area (Å²) in [6.07, 6.45) is 3.76. The number of aryl methyl sites for hydroxylation is 1. The van der Waals surface area contributed by atoms with Gasteiger partial charge < -0.3 is 15.2 Å². The van der Waals surface area contributed by atoms with Gasteiger partial charge in [-0.1, -0.05) is 12.5 Å². The van der Waals surface area contributed by atoms with E-state index in [0.717, 1.165) is 37.1 Å². The minimum absolute atomic E-state index is 0.0952. The van der Waals surface area contributed by atoms with E-state index in [1.165, 1.54) is 5.56 Å². The Labute approximate surface area is 113 Å². The third kappa shape index (κ3) is 4.24. The summed E-state index contributed by atoms with van der Waals surface area (Å²) >= 11 is 0. The quantitative estimate of drug-likeness (QED) is 0.802. The highest BCUT2D eigenvalue weighted by atomic mass is 16.5. The molecule has 0 fully saturated rings. The average molecular weight is 263 g/mol. The molecule has 2 rings (SSSR count). The number of fused-ring (bicyclic) bond motifs is 1. The first-order valence-corrected chi connectivity index (χ1v) is 6.72. The van der Waals surface area contributed by atoms with Crippen LogP contribution in [0.2, 0.25) is 0 Å². The summed E-state index contributed by atoms with van der Waals surface area (Å²) in [6.45, 7) is 3.76. The molecule has 0 radical (unpaired) electrons. The summed E-state index contributed by atoms with van der Waals surface area (Å²) in [4.78, 5) is 11.2. The zero-order valence-corrected chi connectivity index (χ0v) is 11.5. The van der Waals surface area contributed by atoms with Gasteiger partial charge in [-0.2, -0.15) is 0 Å². The van der Waals surface area contributed by atoms with Crippen molar-refractivity contribution < 1.29 is 14.6 Å². The molecule has 0 unspecified atom stereocenters. The Morgan fingerprint density at radius 2 is 2.16 bits per heavy atom. The molecular weight excluding hydrogens is 242 g/mol. The van der Waals surface area contributed by atoms with E-state index in [-0.39, 0.29) is 12.5 Å². The number of aliphatic hydroxyl groups is 1. The molecule has 4 heteroatoms. The minimum Gasteiger partial charge on any atom is -0.482 e. The van der Waals surface area contributed by atoms with Crippen molar-refractivity contribution in [1.82, 2.24) is 0 Å². The predicted molar refractivity (Wildman–Crippen MR) is 74.4 cm³/mol. The summed E-state index contributed by atoms with van der Waals surface area (Å²) in [6, 6.07) is 5.90. The Kier molecular flexibility index (Phi) is 4.10. The molecule has 0 aliphatic carbocycles. The number of hydrogen-bond acceptors (Lipinski definition) is 3. The molecule has 1 aliphatic rings. The molecule has 1 heterocycles. The predicted octanol–water partition coefficient (Wildman–Crippen LogP) is 2.50. The van der Waals surface area contributed by atoms with Crippen LogP contribution in [0.1, 0.15) is 38.7 Å². The largest absolute Gasteiger partial charge is 0.482 e. The van der Waals surface area contributed by atoms with Crippen molar-refractivity contribution in [1.29, 1.82) is 0 Å². The number of carbonyl (C=O) groups is 1. The number of carbonyl (C=O) groups excluding carboxylic acids is 1. The van der Waals surface area contributed by atoms with Gasteiger partial charge in [-0.15, -0.1) is 0 Å². The van der Waals surface area contributed by atoms with Crippen LogP contribution >= 0.6 is 0 Å². The van der Waals surface area contributed by atoms with E-state index in [4.69, 9.17) is 4.74 Å². The van der Waals surface area contributed by atoms with Gasteiger partial charge in [0.25, 0.3) is 5.91 Å². The van der Waals surface area contributed by atoms with E-state index in [0.29, 0.717) is 0 Å². The van der Waals surface area contributed by atoms with Crippen LogP contribution in [-0.2, 0) is 11.2 Å². The van der Waals surface area contributed by atoms with Crippen LogP contribution in [-0.4, -0.2) is 23.2 Å². The lowest BCUT2D eigenvalue weighted by Crippen LogP contribution is -2.25. The topological polar surface area (TPSA) is 58.6 Å². The van der Waals surface area contributed by atoms with Gasteiger partial charge >= 0.3 is 0 Å². The van der Waals surface area contributed by atoms with E-state index in [1.54, 1.807) is 0 Å². The zero-order chi connectivity index (χ0) is 13.9. The maximum Gasteiger partial charge on any atom is 0.262 e. The molecule has 19 heavy (non-hydrogen) atoms. The Morgan fingerprint density at radius 1 is 1.37 bits per heavy atom. The Balaban J connectivity index is 1.88. The molecule has 4 nitrogen and oxygen atoms in total. The van der Waals surface area contributed by atoms with Crippen LogP contribution in [0.4, 0.5) is 5.69 Å². The van der Waals surface area contributed by atoms with Gasteiger partial charge in [0.2, 0.25) is 0 Å². The number of hydrogen-bond donors (Lipinski definition) is 2. The third-order valence-electron chi connectivity index (χ3n) is 3.18. The zero-order valence-electron chi connectivity index (χ0n) is 11.5. The summed E-state index contributed by atoms with van der Waals surface area (Å²) in [7, 11) is 0. The van der Waals surface area contributed by atoms with Crippen LogP contribution in [0.5, 0.6) is 5.75 Å². The van der Waals surface area contributed by atoms with Gasteiger partial charge in [0.1, 0.15) is 5.75 Å². The van der Waals surface area contributed by atoms with Gasteiger partial charge in [-0.25, -0.2) is 0 Å². The SMILES string of the molecule is CC(C)(O)CCCCc1ccc2c(c1)NC(=O)CO2. The van der Waals surface area contributed by atoms with Crippen molar-refractivity contribution in [3.63, 3.8) is 0 Å². The molecule has 1 amide bonds. The second-order valence-electron chi connectivity index (χ2n) is 5.69. The van der Waals surface area contributed by atoms with Crippen LogP contribution in [0.25, 0.3) is 0 Å². The van der Waals surface area contributed by atoms with Gasteiger partial charge in [0.15, 0.2) is 6.61 Å². The Bertz CT molecular complexity index is 463. The molecule has 0 atom stereocenters. The molecule has 2 N–H and O–H groups in total. The van der Waals surface area contributed by atoms with E-state index in [9.17, 15) is 9.90 Å². The smallest absolute Gasteiger partial charge is 0.262 e. The fourth-order valence-electron chi connectivity index (χ4n) is 2.17. The molecule has 0 spiro atoms. The summed E-state index contributed by atoms with van der Waals surface area (Å²) < 4.78 is 5.32. The monoisotopic (exact) mass is 263 g/mol. The molecule has 0 bridgehead atoms. The number of rotatable bonds is 5. The fourth-order valence-corrected chi connectivity index (χ4v) is 2.17. The maximum absolute atomic E-state index is 11.2. The minimum atomic E-state index is -0.586. The number of ether oxygens (including phenoxy) is 1. The van der Waals surface area contributed by atoms with Gasteiger partial charge in [0, 0.05) is 0 Å². The number of unbranched alkanes of at least 4 members (excludes halogenated alkanes) is 1. The molecule has 0 saturated carbocycles. The van der Waals surface area contributed by atoms with Gasteiger partial charge in [-0.3, -0.25) is 4.79 Å². The number of amides is 1. The summed E-state index contributed by atoms with van der Waals surface area (Å²) in [5, 5.41) is 12.4. The molecule has 0 aromatic heterocycles. The fraction of sp³-hybridized carbons (Fsp3) is 0.533. The number of nitrogens with one attached hydrogen (secondary N) is 1. The molecule has 1 aliphatic heterocycles. The van der Waals surface area contributed by atoms with Crippen molar-refractivity contribution in [3.8, 4) is 5.75 Å². The van der Waals surface area contributed by atoms with Crippen LogP contribution < -0.4 is 10.1 Å². The molecule has 0 saturated heterocycles. The first-order chi connectivity index (χ1) is 8.94. The number of benzene rings is 1. The average Bonchev–Trinajstić information content (AvgIpc) is 2.33.